The number of hydrogen-bond donors (Lipinski definition) is 2. The van der Waals surface area contributed by atoms with E-state index in [0.717, 1.165) is 18.5 Å². The number of carbonyl (C=O) groups is 1. The first-order valence-electron chi connectivity index (χ1n) is 9.74. The van der Waals surface area contributed by atoms with Crippen LogP contribution in [0.4, 0.5) is 11.5 Å². The number of aryl methyl sites for hydroxylation is 1. The lowest BCUT2D eigenvalue weighted by Crippen LogP contribution is -2.35. The monoisotopic (exact) mass is 384 g/mol. The molecule has 1 aromatic carbocycles. The largest absolute Gasteiger partial charge is 0.493 e. The summed E-state index contributed by atoms with van der Waals surface area (Å²) >= 11 is 0. The number of benzene rings is 1. The van der Waals surface area contributed by atoms with Gasteiger partial charge in [-0.3, -0.25) is 4.79 Å². The van der Waals surface area contributed by atoms with Crippen LogP contribution in [0.1, 0.15) is 54.8 Å². The van der Waals surface area contributed by atoms with E-state index < -0.39 is 0 Å². The molecule has 2 N–H and O–H groups in total. The highest BCUT2D eigenvalue weighted by atomic mass is 16.5. The fraction of sp³-hybridized carbons (Fsp3) is 0.476. The van der Waals surface area contributed by atoms with Crippen molar-refractivity contribution in [3.8, 4) is 11.5 Å². The van der Waals surface area contributed by atoms with E-state index in [2.05, 4.69) is 20.6 Å². The number of nitrogens with zero attached hydrogens (tertiary/aromatic N) is 2. The second kappa shape index (κ2) is 9.39. The third kappa shape index (κ3) is 5.12. The lowest BCUT2D eigenvalue weighted by molar-refractivity contribution is 0.0928. The molecule has 1 heterocycles. The van der Waals surface area contributed by atoms with Gasteiger partial charge in [0.05, 0.1) is 14.2 Å². The van der Waals surface area contributed by atoms with Crippen LogP contribution in [0.25, 0.3) is 0 Å². The Labute approximate surface area is 165 Å². The zero-order chi connectivity index (χ0) is 19.9. The van der Waals surface area contributed by atoms with E-state index in [1.54, 1.807) is 27.2 Å². The number of nitrogens with one attached hydrogen (secondary N) is 2. The summed E-state index contributed by atoms with van der Waals surface area (Å²) in [6, 6.07) is 7.41. The summed E-state index contributed by atoms with van der Waals surface area (Å²) in [6.07, 6.45) is 6.90. The topological polar surface area (TPSA) is 85.4 Å². The van der Waals surface area contributed by atoms with Crippen molar-refractivity contribution in [1.29, 1.82) is 0 Å². The smallest absolute Gasteiger partial charge is 0.270 e. The predicted molar refractivity (Wildman–Crippen MR) is 109 cm³/mol. The van der Waals surface area contributed by atoms with Crippen LogP contribution < -0.4 is 20.1 Å². The van der Waals surface area contributed by atoms with Crippen LogP contribution in [0.15, 0.2) is 24.3 Å². The zero-order valence-corrected chi connectivity index (χ0v) is 16.7. The molecule has 2 aromatic rings. The highest BCUT2D eigenvalue weighted by Crippen LogP contribution is 2.31. The average molecular weight is 384 g/mol. The molecule has 1 aliphatic rings. The van der Waals surface area contributed by atoms with Crippen LogP contribution in [0, 0.1) is 6.92 Å². The van der Waals surface area contributed by atoms with Gasteiger partial charge in [0.15, 0.2) is 11.5 Å². The summed E-state index contributed by atoms with van der Waals surface area (Å²) in [5, 5.41) is 6.35. The van der Waals surface area contributed by atoms with Crippen molar-refractivity contribution < 1.29 is 14.3 Å². The van der Waals surface area contributed by atoms with Gasteiger partial charge >= 0.3 is 0 Å². The van der Waals surface area contributed by atoms with E-state index in [9.17, 15) is 4.79 Å². The minimum atomic E-state index is -0.146. The molecule has 0 aliphatic heterocycles. The first-order chi connectivity index (χ1) is 13.6. The molecule has 150 valence electrons. The lowest BCUT2D eigenvalue weighted by atomic mass is 10.1. The first kappa shape index (κ1) is 19.9. The van der Waals surface area contributed by atoms with Gasteiger partial charge in [-0.25, -0.2) is 9.97 Å². The number of carbonyl (C=O) groups excluding carboxylic acids is 1. The normalized spacial score (nSPS) is 14.8. The van der Waals surface area contributed by atoms with Crippen molar-refractivity contribution in [3.63, 3.8) is 0 Å². The average Bonchev–Trinajstić information content (AvgIpc) is 2.96. The molecule has 1 fully saturated rings. The quantitative estimate of drug-likeness (QED) is 0.732. The molecular formula is C21H28N4O3. The third-order valence-corrected chi connectivity index (χ3v) is 4.92. The van der Waals surface area contributed by atoms with E-state index in [4.69, 9.17) is 9.47 Å². The van der Waals surface area contributed by atoms with Crippen LogP contribution in [-0.4, -0.2) is 36.1 Å². The highest BCUT2D eigenvalue weighted by molar-refractivity contribution is 5.93. The first-order valence-corrected chi connectivity index (χ1v) is 9.74. The molecule has 0 saturated heterocycles. The molecule has 1 aliphatic carbocycles. The van der Waals surface area contributed by atoms with Gasteiger partial charge in [0.2, 0.25) is 0 Å². The molecule has 3 rings (SSSR count). The van der Waals surface area contributed by atoms with Gasteiger partial charge < -0.3 is 20.1 Å². The Bertz CT molecular complexity index is 817. The van der Waals surface area contributed by atoms with Gasteiger partial charge in [-0.2, -0.15) is 0 Å². The molecular weight excluding hydrogens is 356 g/mol. The van der Waals surface area contributed by atoms with Crippen molar-refractivity contribution in [3.05, 3.63) is 35.8 Å². The maximum atomic E-state index is 12.7. The van der Waals surface area contributed by atoms with Crippen molar-refractivity contribution in [2.45, 2.75) is 51.5 Å². The second-order valence-electron chi connectivity index (χ2n) is 7.04. The Morgan fingerprint density at radius 2 is 1.71 bits per heavy atom. The fourth-order valence-corrected chi connectivity index (χ4v) is 3.49. The van der Waals surface area contributed by atoms with E-state index >= 15 is 0 Å². The summed E-state index contributed by atoms with van der Waals surface area (Å²) in [6.45, 7) is 1.78. The Kier molecular flexibility index (Phi) is 6.68. The maximum Gasteiger partial charge on any atom is 0.270 e. The number of methoxy groups -OCH3 is 2. The Morgan fingerprint density at radius 3 is 2.39 bits per heavy atom. The molecule has 1 amide bonds. The number of anilines is 2. The molecule has 1 aromatic heterocycles. The van der Waals surface area contributed by atoms with Crippen LogP contribution >= 0.6 is 0 Å². The molecule has 0 unspecified atom stereocenters. The summed E-state index contributed by atoms with van der Waals surface area (Å²) < 4.78 is 10.6. The number of amides is 1. The van der Waals surface area contributed by atoms with Crippen molar-refractivity contribution in [2.24, 2.45) is 0 Å². The Balaban J connectivity index is 1.74. The molecule has 0 radical (unpaired) electrons. The van der Waals surface area contributed by atoms with Crippen molar-refractivity contribution >= 4 is 17.4 Å². The maximum absolute atomic E-state index is 12.7. The van der Waals surface area contributed by atoms with Crippen molar-refractivity contribution in [2.75, 3.05) is 19.5 Å². The summed E-state index contributed by atoms with van der Waals surface area (Å²) in [5.74, 6) is 2.22. The number of hydrogen-bond acceptors (Lipinski definition) is 6. The zero-order valence-electron chi connectivity index (χ0n) is 16.7. The lowest BCUT2D eigenvalue weighted by Gasteiger charge is -2.16. The van der Waals surface area contributed by atoms with Gasteiger partial charge in [0, 0.05) is 23.9 Å². The van der Waals surface area contributed by atoms with Crippen LogP contribution in [-0.2, 0) is 0 Å². The summed E-state index contributed by atoms with van der Waals surface area (Å²) in [4.78, 5) is 21.4. The van der Waals surface area contributed by atoms with E-state index in [-0.39, 0.29) is 11.9 Å². The van der Waals surface area contributed by atoms with E-state index in [1.165, 1.54) is 25.7 Å². The van der Waals surface area contributed by atoms with Crippen molar-refractivity contribution in [1.82, 2.24) is 15.3 Å². The third-order valence-electron chi connectivity index (χ3n) is 4.92. The highest BCUT2D eigenvalue weighted by Gasteiger charge is 2.18. The SMILES string of the molecule is COc1ccc(Nc2cc(C(=O)NC3CCCCCC3)nc(C)n2)cc1OC. The van der Waals surface area contributed by atoms with Crippen LogP contribution in [0.3, 0.4) is 0 Å². The van der Waals surface area contributed by atoms with E-state index in [0.29, 0.717) is 28.8 Å². The van der Waals surface area contributed by atoms with Gasteiger partial charge in [0.1, 0.15) is 17.3 Å². The molecule has 7 nitrogen and oxygen atoms in total. The standard InChI is InChI=1S/C21H28N4O3/c1-14-22-17(21(26)25-15-8-6-4-5-7-9-15)13-20(23-14)24-16-10-11-18(27-2)19(12-16)28-3/h10-13,15H,4-9H2,1-3H3,(H,25,26)(H,22,23,24). The minimum Gasteiger partial charge on any atom is -0.493 e. The Hall–Kier alpha value is -2.83. The molecule has 0 spiro atoms. The number of rotatable bonds is 6. The van der Waals surface area contributed by atoms with Crippen LogP contribution in [0.5, 0.6) is 11.5 Å². The van der Waals surface area contributed by atoms with Crippen LogP contribution in [0.2, 0.25) is 0 Å². The van der Waals surface area contributed by atoms with Gasteiger partial charge in [-0.1, -0.05) is 25.7 Å². The number of aromatic nitrogens is 2. The van der Waals surface area contributed by atoms with Gasteiger partial charge in [-0.15, -0.1) is 0 Å². The fourth-order valence-electron chi connectivity index (χ4n) is 3.49. The summed E-state index contributed by atoms with van der Waals surface area (Å²) in [7, 11) is 3.18. The molecule has 1 saturated carbocycles. The number of ether oxygens (including phenoxy) is 2. The predicted octanol–water partition coefficient (Wildman–Crippen LogP) is 4.00. The molecule has 7 heteroatoms. The second-order valence-corrected chi connectivity index (χ2v) is 7.04. The molecule has 28 heavy (non-hydrogen) atoms. The molecule has 0 atom stereocenters. The minimum absolute atomic E-state index is 0.146. The van der Waals surface area contributed by atoms with Gasteiger partial charge in [-0.05, 0) is 31.9 Å². The van der Waals surface area contributed by atoms with E-state index in [1.807, 2.05) is 18.2 Å². The molecule has 0 bridgehead atoms. The summed E-state index contributed by atoms with van der Waals surface area (Å²) in [5.41, 5.74) is 1.16. The van der Waals surface area contributed by atoms with Gasteiger partial charge in [0.25, 0.3) is 5.91 Å². The Morgan fingerprint density at radius 1 is 1.00 bits per heavy atom.